The third kappa shape index (κ3) is 3.08. The molecule has 0 N–H and O–H groups in total. The van der Waals surface area contributed by atoms with Crippen LogP contribution in [0.15, 0.2) is 41.1 Å². The molecule has 2 aromatic heterocycles. The summed E-state index contributed by atoms with van der Waals surface area (Å²) in [6, 6.07) is 9.39. The molecule has 1 aliphatic carbocycles. The molecule has 1 aliphatic rings. The van der Waals surface area contributed by atoms with Gasteiger partial charge in [-0.1, -0.05) is 31.4 Å². The van der Waals surface area contributed by atoms with Crippen molar-refractivity contribution in [3.63, 3.8) is 0 Å². The number of nitrogens with zero attached hydrogens (tertiary/aromatic N) is 4. The molecule has 26 heavy (non-hydrogen) atoms. The van der Waals surface area contributed by atoms with Gasteiger partial charge in [-0.25, -0.2) is 9.97 Å². The zero-order chi connectivity index (χ0) is 17.9. The highest BCUT2D eigenvalue weighted by Gasteiger charge is 2.28. The Morgan fingerprint density at radius 3 is 2.69 bits per heavy atom. The Bertz CT molecular complexity index is 983. The summed E-state index contributed by atoms with van der Waals surface area (Å²) in [6.07, 6.45) is 8.47. The Morgan fingerprint density at radius 1 is 1.15 bits per heavy atom. The smallest absolute Gasteiger partial charge is 0.207 e. The van der Waals surface area contributed by atoms with Gasteiger partial charge in [-0.2, -0.15) is 5.26 Å². The van der Waals surface area contributed by atoms with Gasteiger partial charge in [0.05, 0.1) is 29.0 Å². The van der Waals surface area contributed by atoms with Gasteiger partial charge in [0.25, 0.3) is 0 Å². The fourth-order valence-corrected chi connectivity index (χ4v) is 3.46. The van der Waals surface area contributed by atoms with E-state index in [1.807, 2.05) is 30.3 Å². The topological polar surface area (TPSA) is 92.7 Å². The van der Waals surface area contributed by atoms with Crippen molar-refractivity contribution in [1.82, 2.24) is 15.0 Å². The number of para-hydroxylation sites is 2. The van der Waals surface area contributed by atoms with E-state index in [1.165, 1.54) is 18.9 Å². The monoisotopic (exact) mass is 346 g/mol. The molecule has 130 valence electrons. The summed E-state index contributed by atoms with van der Waals surface area (Å²) in [5, 5.41) is 9.54. The number of hydrogen-bond donors (Lipinski definition) is 0. The molecule has 0 unspecified atom stereocenters. The van der Waals surface area contributed by atoms with Gasteiger partial charge in [0.2, 0.25) is 5.78 Å². The number of fused-ring (bicyclic) bond motifs is 1. The Balaban J connectivity index is 1.60. The van der Waals surface area contributed by atoms with E-state index >= 15 is 0 Å². The largest absolute Gasteiger partial charge is 0.448 e. The number of hydrogen-bond acceptors (Lipinski definition) is 6. The van der Waals surface area contributed by atoms with Gasteiger partial charge in [0, 0.05) is 5.92 Å². The molecule has 2 heterocycles. The first-order valence-electron chi connectivity index (χ1n) is 8.87. The second-order valence-electron chi connectivity index (χ2n) is 6.62. The van der Waals surface area contributed by atoms with Crippen LogP contribution >= 0.6 is 0 Å². The first kappa shape index (κ1) is 16.4. The molecule has 3 aromatic rings. The predicted octanol–water partition coefficient (Wildman–Crippen LogP) is 4.16. The molecule has 0 saturated heterocycles. The first-order valence-corrected chi connectivity index (χ1v) is 8.87. The number of nitriles is 1. The summed E-state index contributed by atoms with van der Waals surface area (Å²) >= 11 is 0. The lowest BCUT2D eigenvalue weighted by Gasteiger charge is -2.17. The van der Waals surface area contributed by atoms with Crippen molar-refractivity contribution in [1.29, 1.82) is 5.26 Å². The zero-order valence-electron chi connectivity index (χ0n) is 14.3. The van der Waals surface area contributed by atoms with E-state index in [1.54, 1.807) is 0 Å². The molecule has 0 bridgehead atoms. The maximum atomic E-state index is 12.8. The minimum Gasteiger partial charge on any atom is -0.448 e. The maximum Gasteiger partial charge on any atom is 0.207 e. The SMILES string of the molecule is N#C[C@H](C(=O)c1coc(C2CCCCC2)n1)c1cnc2ccccc2n1. The number of aromatic nitrogens is 3. The molecule has 1 saturated carbocycles. The van der Waals surface area contributed by atoms with E-state index in [0.29, 0.717) is 17.1 Å². The molecule has 0 amide bonds. The molecule has 1 atom stereocenters. The predicted molar refractivity (Wildman–Crippen MR) is 94.6 cm³/mol. The van der Waals surface area contributed by atoms with Crippen LogP contribution in [0.1, 0.15) is 66.0 Å². The molecule has 4 rings (SSSR count). The van der Waals surface area contributed by atoms with E-state index < -0.39 is 11.7 Å². The van der Waals surface area contributed by atoms with Crippen LogP contribution < -0.4 is 0 Å². The molecule has 0 spiro atoms. The fraction of sp³-hybridized carbons (Fsp3) is 0.350. The average molecular weight is 346 g/mol. The highest BCUT2D eigenvalue weighted by atomic mass is 16.3. The van der Waals surface area contributed by atoms with Crippen molar-refractivity contribution in [2.45, 2.75) is 43.9 Å². The Morgan fingerprint density at radius 2 is 1.92 bits per heavy atom. The second-order valence-corrected chi connectivity index (χ2v) is 6.62. The van der Waals surface area contributed by atoms with Crippen LogP contribution in [-0.2, 0) is 0 Å². The normalized spacial score (nSPS) is 16.3. The summed E-state index contributed by atoms with van der Waals surface area (Å²) in [5.41, 5.74) is 1.90. The fourth-order valence-electron chi connectivity index (χ4n) is 3.46. The third-order valence-electron chi connectivity index (χ3n) is 4.88. The molecule has 1 aromatic carbocycles. The molecule has 1 fully saturated rings. The lowest BCUT2D eigenvalue weighted by Crippen LogP contribution is -2.14. The van der Waals surface area contributed by atoms with Gasteiger partial charge in [-0.3, -0.25) is 9.78 Å². The van der Waals surface area contributed by atoms with E-state index in [0.717, 1.165) is 31.2 Å². The molecular weight excluding hydrogens is 328 g/mol. The van der Waals surface area contributed by atoms with Crippen molar-refractivity contribution in [2.75, 3.05) is 0 Å². The number of carbonyl (C=O) groups is 1. The standard InChI is InChI=1S/C20H18N4O2/c21-10-14(17-11-22-15-8-4-5-9-16(15)23-17)19(25)18-12-26-20(24-18)13-6-2-1-3-7-13/h4-5,8-9,11-14H,1-3,6-7H2/t14-/m0/s1. The van der Waals surface area contributed by atoms with Crippen molar-refractivity contribution >= 4 is 16.8 Å². The Labute approximate surface area is 150 Å². The number of Topliss-reactive ketones (excluding diaryl/α,β-unsaturated/α-hetero) is 1. The molecule has 0 radical (unpaired) electrons. The highest BCUT2D eigenvalue weighted by molar-refractivity contribution is 6.00. The van der Waals surface area contributed by atoms with Crippen LogP contribution in [0, 0.1) is 11.3 Å². The molecular formula is C20H18N4O2. The van der Waals surface area contributed by atoms with Crippen LogP contribution in [0.3, 0.4) is 0 Å². The number of carbonyl (C=O) groups excluding carboxylic acids is 1. The van der Waals surface area contributed by atoms with Crippen LogP contribution in [0.25, 0.3) is 11.0 Å². The summed E-state index contributed by atoms with van der Waals surface area (Å²) in [6.45, 7) is 0. The first-order chi connectivity index (χ1) is 12.8. The minimum absolute atomic E-state index is 0.187. The van der Waals surface area contributed by atoms with Crippen molar-refractivity contribution < 1.29 is 9.21 Å². The van der Waals surface area contributed by atoms with Crippen molar-refractivity contribution in [3.8, 4) is 6.07 Å². The summed E-state index contributed by atoms with van der Waals surface area (Å²) in [5.74, 6) is -0.570. The molecule has 6 nitrogen and oxygen atoms in total. The molecule has 0 aliphatic heterocycles. The van der Waals surface area contributed by atoms with Crippen molar-refractivity contribution in [2.24, 2.45) is 0 Å². The number of ketones is 1. The van der Waals surface area contributed by atoms with Crippen LogP contribution in [0.5, 0.6) is 0 Å². The maximum absolute atomic E-state index is 12.8. The van der Waals surface area contributed by atoms with Crippen LogP contribution in [-0.4, -0.2) is 20.7 Å². The highest BCUT2D eigenvalue weighted by Crippen LogP contribution is 2.32. The minimum atomic E-state index is -1.04. The van der Waals surface area contributed by atoms with E-state index in [4.69, 9.17) is 4.42 Å². The van der Waals surface area contributed by atoms with E-state index in [9.17, 15) is 10.1 Å². The average Bonchev–Trinajstić information content (AvgIpc) is 3.19. The lowest BCUT2D eigenvalue weighted by molar-refractivity contribution is 0.0972. The number of oxazole rings is 1. The van der Waals surface area contributed by atoms with Gasteiger partial charge < -0.3 is 4.42 Å². The van der Waals surface area contributed by atoms with Gasteiger partial charge >= 0.3 is 0 Å². The van der Waals surface area contributed by atoms with E-state index in [2.05, 4.69) is 15.0 Å². The molecule has 6 heteroatoms. The summed E-state index contributed by atoms with van der Waals surface area (Å²) in [4.78, 5) is 25.9. The zero-order valence-corrected chi connectivity index (χ0v) is 14.3. The van der Waals surface area contributed by atoms with Crippen LogP contribution in [0.4, 0.5) is 0 Å². The number of benzene rings is 1. The summed E-state index contributed by atoms with van der Waals surface area (Å²) in [7, 11) is 0. The second kappa shape index (κ2) is 7.04. The Hall–Kier alpha value is -3.07. The quantitative estimate of drug-likeness (QED) is 0.659. The van der Waals surface area contributed by atoms with Gasteiger partial charge in [-0.15, -0.1) is 0 Å². The van der Waals surface area contributed by atoms with Crippen molar-refractivity contribution in [3.05, 3.63) is 54.0 Å². The van der Waals surface area contributed by atoms with Gasteiger partial charge in [0.15, 0.2) is 11.8 Å². The summed E-state index contributed by atoms with van der Waals surface area (Å²) < 4.78 is 5.55. The Kier molecular flexibility index (Phi) is 4.44. The third-order valence-corrected chi connectivity index (χ3v) is 4.88. The van der Waals surface area contributed by atoms with Crippen LogP contribution in [0.2, 0.25) is 0 Å². The number of rotatable bonds is 4. The lowest BCUT2D eigenvalue weighted by atomic mass is 9.89. The van der Waals surface area contributed by atoms with Gasteiger partial charge in [-0.05, 0) is 25.0 Å². The van der Waals surface area contributed by atoms with Gasteiger partial charge in [0.1, 0.15) is 12.0 Å². The van der Waals surface area contributed by atoms with E-state index in [-0.39, 0.29) is 11.6 Å².